The lowest BCUT2D eigenvalue weighted by Gasteiger charge is -2.09. The Balaban J connectivity index is 1.79. The van der Waals surface area contributed by atoms with E-state index >= 15 is 0 Å². The molecule has 7 nitrogen and oxygen atoms in total. The quantitative estimate of drug-likeness (QED) is 0.733. The number of rotatable bonds is 3. The fraction of sp³-hybridized carbons (Fsp3) is 0.231. The van der Waals surface area contributed by atoms with Crippen LogP contribution in [0.15, 0.2) is 28.2 Å². The number of anilines is 2. The van der Waals surface area contributed by atoms with Gasteiger partial charge in [0.1, 0.15) is 9.60 Å². The summed E-state index contributed by atoms with van der Waals surface area (Å²) in [6.07, 6.45) is 5.70. The second-order valence-corrected chi connectivity index (χ2v) is 6.61. The van der Waals surface area contributed by atoms with Gasteiger partial charge in [-0.25, -0.2) is 9.97 Å². The van der Waals surface area contributed by atoms with Crippen molar-refractivity contribution in [1.29, 1.82) is 0 Å². The standard InChI is InChI=1S/C13H12BrN7S/c1-7-2-11(22-20-7)19-12-13-15-5-9(8-3-16-17-4-8)21(13)6-10(14)18-12/h2-3,5-6,8,17H,4H2,1H3,(H,18,19). The van der Waals surface area contributed by atoms with Crippen molar-refractivity contribution < 1.29 is 0 Å². The molecule has 4 heterocycles. The summed E-state index contributed by atoms with van der Waals surface area (Å²) < 4.78 is 7.05. The average molecular weight is 378 g/mol. The highest BCUT2D eigenvalue weighted by Crippen LogP contribution is 2.27. The van der Waals surface area contributed by atoms with E-state index in [2.05, 4.69) is 46.1 Å². The van der Waals surface area contributed by atoms with Gasteiger partial charge in [0.15, 0.2) is 11.5 Å². The molecule has 0 amide bonds. The lowest BCUT2D eigenvalue weighted by atomic mass is 10.1. The first kappa shape index (κ1) is 13.6. The summed E-state index contributed by atoms with van der Waals surface area (Å²) in [6.45, 7) is 2.75. The summed E-state index contributed by atoms with van der Waals surface area (Å²) in [5, 5.41) is 8.32. The summed E-state index contributed by atoms with van der Waals surface area (Å²) in [4.78, 5) is 9.02. The minimum absolute atomic E-state index is 0.211. The van der Waals surface area contributed by atoms with E-state index < -0.39 is 0 Å². The highest BCUT2D eigenvalue weighted by Gasteiger charge is 2.19. The van der Waals surface area contributed by atoms with Gasteiger partial charge in [-0.15, -0.1) is 0 Å². The number of hydrogen-bond donors (Lipinski definition) is 2. The van der Waals surface area contributed by atoms with Crippen molar-refractivity contribution in [2.45, 2.75) is 12.8 Å². The largest absolute Gasteiger partial charge is 0.328 e. The molecule has 1 aliphatic heterocycles. The number of nitrogens with one attached hydrogen (secondary N) is 2. The summed E-state index contributed by atoms with van der Waals surface area (Å²) in [6, 6.07) is 1.99. The second-order valence-electron chi connectivity index (χ2n) is 4.99. The van der Waals surface area contributed by atoms with Crippen molar-refractivity contribution in [1.82, 2.24) is 24.2 Å². The van der Waals surface area contributed by atoms with Gasteiger partial charge in [-0.05, 0) is 40.5 Å². The van der Waals surface area contributed by atoms with Gasteiger partial charge in [-0.1, -0.05) is 0 Å². The van der Waals surface area contributed by atoms with E-state index in [4.69, 9.17) is 0 Å². The molecule has 3 aromatic heterocycles. The molecule has 0 radical (unpaired) electrons. The van der Waals surface area contributed by atoms with Crippen LogP contribution in [0.1, 0.15) is 17.3 Å². The maximum absolute atomic E-state index is 4.52. The van der Waals surface area contributed by atoms with Crippen LogP contribution in [0.2, 0.25) is 0 Å². The average Bonchev–Trinajstić information content (AvgIpc) is 3.18. The third-order valence-electron chi connectivity index (χ3n) is 3.40. The third kappa shape index (κ3) is 2.35. The van der Waals surface area contributed by atoms with Crippen LogP contribution in [0.4, 0.5) is 10.8 Å². The highest BCUT2D eigenvalue weighted by atomic mass is 79.9. The Morgan fingerprint density at radius 2 is 2.41 bits per heavy atom. The molecule has 0 bridgehead atoms. The zero-order valence-corrected chi connectivity index (χ0v) is 14.0. The molecular formula is C13H12BrN7S. The zero-order valence-electron chi connectivity index (χ0n) is 11.6. The molecule has 1 atom stereocenters. The van der Waals surface area contributed by atoms with E-state index in [0.717, 1.165) is 33.2 Å². The highest BCUT2D eigenvalue weighted by molar-refractivity contribution is 9.10. The Labute approximate surface area is 138 Å². The summed E-state index contributed by atoms with van der Waals surface area (Å²) in [7, 11) is 0. The molecule has 9 heteroatoms. The Morgan fingerprint density at radius 1 is 1.50 bits per heavy atom. The number of aryl methyl sites for hydroxylation is 1. The molecule has 2 N–H and O–H groups in total. The second kappa shape index (κ2) is 5.33. The molecule has 0 saturated carbocycles. The van der Waals surface area contributed by atoms with Gasteiger partial charge in [-0.2, -0.15) is 9.47 Å². The minimum atomic E-state index is 0.211. The van der Waals surface area contributed by atoms with Crippen molar-refractivity contribution >= 4 is 50.1 Å². The van der Waals surface area contributed by atoms with Crippen molar-refractivity contribution in [3.8, 4) is 0 Å². The number of fused-ring (bicyclic) bond motifs is 1. The maximum atomic E-state index is 4.52. The number of hydrogen-bond acceptors (Lipinski definition) is 7. The molecule has 22 heavy (non-hydrogen) atoms. The van der Waals surface area contributed by atoms with E-state index in [1.54, 1.807) is 0 Å². The Hall–Kier alpha value is -2.00. The van der Waals surface area contributed by atoms with Crippen molar-refractivity contribution in [2.24, 2.45) is 5.10 Å². The van der Waals surface area contributed by atoms with Gasteiger partial charge in [0.2, 0.25) is 0 Å². The van der Waals surface area contributed by atoms with Crippen molar-refractivity contribution in [2.75, 3.05) is 11.9 Å². The molecule has 112 valence electrons. The van der Waals surface area contributed by atoms with E-state index in [0.29, 0.717) is 5.82 Å². The lowest BCUT2D eigenvalue weighted by Crippen LogP contribution is -2.11. The zero-order chi connectivity index (χ0) is 15.1. The number of aromatic nitrogens is 4. The van der Waals surface area contributed by atoms with Crippen molar-refractivity contribution in [3.05, 3.63) is 34.5 Å². The predicted molar refractivity (Wildman–Crippen MR) is 90.1 cm³/mol. The maximum Gasteiger partial charge on any atom is 0.180 e. The number of nitrogens with zero attached hydrogens (tertiary/aromatic N) is 5. The van der Waals surface area contributed by atoms with Gasteiger partial charge < -0.3 is 10.7 Å². The van der Waals surface area contributed by atoms with Crippen LogP contribution in [0, 0.1) is 6.92 Å². The van der Waals surface area contributed by atoms with Gasteiger partial charge in [-0.3, -0.25) is 4.40 Å². The van der Waals surface area contributed by atoms with Crippen LogP contribution in [0.5, 0.6) is 0 Å². The van der Waals surface area contributed by atoms with Crippen LogP contribution >= 0.6 is 27.5 Å². The Morgan fingerprint density at radius 3 is 3.14 bits per heavy atom. The van der Waals surface area contributed by atoms with Crippen LogP contribution in [-0.4, -0.2) is 31.5 Å². The first-order valence-corrected chi connectivity index (χ1v) is 8.27. The van der Waals surface area contributed by atoms with Gasteiger partial charge >= 0.3 is 0 Å². The number of hydrazone groups is 1. The van der Waals surface area contributed by atoms with E-state index in [1.165, 1.54) is 11.5 Å². The first-order chi connectivity index (χ1) is 10.7. The summed E-state index contributed by atoms with van der Waals surface area (Å²) in [5.41, 5.74) is 5.82. The molecule has 3 aromatic rings. The fourth-order valence-corrected chi connectivity index (χ4v) is 3.44. The minimum Gasteiger partial charge on any atom is -0.328 e. The number of imidazole rings is 1. The van der Waals surface area contributed by atoms with E-state index in [1.807, 2.05) is 36.0 Å². The molecule has 0 fully saturated rings. The number of halogens is 1. The fourth-order valence-electron chi connectivity index (χ4n) is 2.40. The molecule has 0 aromatic carbocycles. The van der Waals surface area contributed by atoms with Gasteiger partial charge in [0, 0.05) is 19.0 Å². The van der Waals surface area contributed by atoms with Crippen LogP contribution in [-0.2, 0) is 0 Å². The molecule has 1 aliphatic rings. The predicted octanol–water partition coefficient (Wildman–Crippen LogP) is 2.67. The van der Waals surface area contributed by atoms with Crippen LogP contribution < -0.4 is 10.7 Å². The van der Waals surface area contributed by atoms with Crippen LogP contribution in [0.25, 0.3) is 5.65 Å². The summed E-state index contributed by atoms with van der Waals surface area (Å²) >= 11 is 4.87. The van der Waals surface area contributed by atoms with E-state index in [-0.39, 0.29) is 5.92 Å². The SMILES string of the molecule is Cc1cc(Nc2nc(Br)cn3c(C4C=NNC4)cnc23)sn1. The Bertz CT molecular complexity index is 869. The smallest absolute Gasteiger partial charge is 0.180 e. The topological polar surface area (TPSA) is 79.5 Å². The molecule has 0 saturated heterocycles. The summed E-state index contributed by atoms with van der Waals surface area (Å²) in [5.74, 6) is 0.912. The molecule has 0 spiro atoms. The Kier molecular flexibility index (Phi) is 3.30. The normalized spacial score (nSPS) is 17.1. The van der Waals surface area contributed by atoms with Gasteiger partial charge in [0.25, 0.3) is 0 Å². The monoisotopic (exact) mass is 377 g/mol. The van der Waals surface area contributed by atoms with E-state index in [9.17, 15) is 0 Å². The molecule has 1 unspecified atom stereocenters. The lowest BCUT2D eigenvalue weighted by molar-refractivity contribution is 0.746. The molecule has 4 rings (SSSR count). The van der Waals surface area contributed by atoms with Crippen LogP contribution in [0.3, 0.4) is 0 Å². The molecular weight excluding hydrogens is 366 g/mol. The molecule has 0 aliphatic carbocycles. The third-order valence-corrected chi connectivity index (χ3v) is 4.58. The van der Waals surface area contributed by atoms with Gasteiger partial charge in [0.05, 0.1) is 23.5 Å². The van der Waals surface area contributed by atoms with Crippen molar-refractivity contribution in [3.63, 3.8) is 0 Å². The first-order valence-electron chi connectivity index (χ1n) is 6.70.